The lowest BCUT2D eigenvalue weighted by atomic mass is 10.2. The van der Waals surface area contributed by atoms with Crippen LogP contribution < -0.4 is 4.74 Å². The van der Waals surface area contributed by atoms with E-state index in [9.17, 15) is 9.59 Å². The van der Waals surface area contributed by atoms with Gasteiger partial charge in [-0.05, 0) is 12.1 Å². The highest BCUT2D eigenvalue weighted by atomic mass is 32.1. The van der Waals surface area contributed by atoms with E-state index in [0.29, 0.717) is 15.6 Å². The molecule has 1 aromatic heterocycles. The lowest BCUT2D eigenvalue weighted by Gasteiger charge is -2.00. The van der Waals surface area contributed by atoms with Crippen LogP contribution in [0.3, 0.4) is 0 Å². The maximum absolute atomic E-state index is 11.7. The number of esters is 1. The van der Waals surface area contributed by atoms with Crippen molar-refractivity contribution in [2.75, 3.05) is 14.2 Å². The maximum Gasteiger partial charge on any atom is 0.358 e. The maximum atomic E-state index is 11.7. The molecule has 0 aliphatic rings. The van der Waals surface area contributed by atoms with Crippen molar-refractivity contribution in [2.24, 2.45) is 0 Å². The summed E-state index contributed by atoms with van der Waals surface area (Å²) in [5.41, 5.74) is 0.842. The Morgan fingerprint density at radius 3 is 2.60 bits per heavy atom. The van der Waals surface area contributed by atoms with Gasteiger partial charge in [-0.25, -0.2) is 9.78 Å². The van der Waals surface area contributed by atoms with E-state index in [0.717, 1.165) is 5.56 Å². The lowest BCUT2D eigenvalue weighted by Crippen LogP contribution is -2.06. The number of carbonyl (C=O) groups excluding carboxylic acids is 2. The largest absolute Gasteiger partial charge is 0.497 e. The van der Waals surface area contributed by atoms with E-state index in [4.69, 9.17) is 4.74 Å². The van der Waals surface area contributed by atoms with Gasteiger partial charge in [0.2, 0.25) is 0 Å². The molecule has 104 valence electrons. The van der Waals surface area contributed by atoms with E-state index in [-0.39, 0.29) is 11.5 Å². The molecule has 0 amide bonds. The normalized spacial score (nSPS) is 10.2. The second-order valence-corrected chi connectivity index (χ2v) is 4.98. The number of hydrogen-bond donors (Lipinski definition) is 0. The Morgan fingerprint density at radius 2 is 2.00 bits per heavy atom. The molecule has 0 saturated heterocycles. The van der Waals surface area contributed by atoms with Crippen LogP contribution in [0.1, 0.15) is 27.1 Å². The minimum absolute atomic E-state index is 0.0582. The van der Waals surface area contributed by atoms with Gasteiger partial charge in [-0.3, -0.25) is 4.79 Å². The van der Waals surface area contributed by atoms with E-state index in [1.807, 2.05) is 18.2 Å². The predicted octanol–water partition coefficient (Wildman–Crippen LogP) is 2.81. The third kappa shape index (κ3) is 2.70. The number of aromatic nitrogens is 1. The van der Waals surface area contributed by atoms with Crippen LogP contribution in [0, 0.1) is 0 Å². The zero-order chi connectivity index (χ0) is 14.7. The molecule has 0 aliphatic heterocycles. The zero-order valence-electron chi connectivity index (χ0n) is 11.3. The van der Waals surface area contributed by atoms with Crippen molar-refractivity contribution >= 4 is 23.1 Å². The number of nitrogens with zero attached hydrogens (tertiary/aromatic N) is 1. The first-order valence-electron chi connectivity index (χ1n) is 5.81. The SMILES string of the molecule is COC(=O)c1nc(-c2cccc(OC)c2)sc1C(C)=O. The summed E-state index contributed by atoms with van der Waals surface area (Å²) < 4.78 is 9.80. The molecule has 0 spiro atoms. The van der Waals surface area contributed by atoms with Crippen molar-refractivity contribution in [3.05, 3.63) is 34.8 Å². The van der Waals surface area contributed by atoms with E-state index in [2.05, 4.69) is 9.72 Å². The molecule has 0 bridgehead atoms. The highest BCUT2D eigenvalue weighted by Gasteiger charge is 2.22. The number of benzene rings is 1. The fourth-order valence-corrected chi connectivity index (χ4v) is 2.62. The van der Waals surface area contributed by atoms with Crippen molar-refractivity contribution in [3.8, 4) is 16.3 Å². The van der Waals surface area contributed by atoms with Gasteiger partial charge in [0.05, 0.1) is 14.2 Å². The van der Waals surface area contributed by atoms with Gasteiger partial charge in [-0.2, -0.15) is 0 Å². The van der Waals surface area contributed by atoms with Crippen molar-refractivity contribution < 1.29 is 19.1 Å². The van der Waals surface area contributed by atoms with Crippen LogP contribution in [0.25, 0.3) is 10.6 Å². The van der Waals surface area contributed by atoms with E-state index < -0.39 is 5.97 Å². The van der Waals surface area contributed by atoms with Gasteiger partial charge in [-0.15, -0.1) is 11.3 Å². The van der Waals surface area contributed by atoms with Crippen molar-refractivity contribution in [1.82, 2.24) is 4.98 Å². The van der Waals surface area contributed by atoms with Gasteiger partial charge in [0.15, 0.2) is 11.5 Å². The molecule has 5 nitrogen and oxygen atoms in total. The fraction of sp³-hybridized carbons (Fsp3) is 0.214. The molecule has 0 fully saturated rings. The zero-order valence-corrected chi connectivity index (χ0v) is 12.1. The molecule has 20 heavy (non-hydrogen) atoms. The number of ether oxygens (including phenoxy) is 2. The Kier molecular flexibility index (Phi) is 4.14. The third-order valence-electron chi connectivity index (χ3n) is 2.64. The Labute approximate surface area is 120 Å². The van der Waals surface area contributed by atoms with Gasteiger partial charge in [0, 0.05) is 12.5 Å². The van der Waals surface area contributed by atoms with Gasteiger partial charge >= 0.3 is 5.97 Å². The molecular weight excluding hydrogens is 278 g/mol. The Hall–Kier alpha value is -2.21. The molecule has 0 unspecified atom stereocenters. The van der Waals surface area contributed by atoms with Crippen LogP contribution in [0.4, 0.5) is 0 Å². The smallest absolute Gasteiger partial charge is 0.358 e. The number of carbonyl (C=O) groups is 2. The quantitative estimate of drug-likeness (QED) is 0.640. The van der Waals surface area contributed by atoms with Crippen LogP contribution in [-0.4, -0.2) is 31.0 Å². The molecule has 1 aromatic carbocycles. The number of hydrogen-bond acceptors (Lipinski definition) is 6. The topological polar surface area (TPSA) is 65.5 Å². The van der Waals surface area contributed by atoms with Crippen LogP contribution in [0.15, 0.2) is 24.3 Å². The second-order valence-electron chi connectivity index (χ2n) is 3.98. The van der Waals surface area contributed by atoms with E-state index in [1.54, 1.807) is 13.2 Å². The summed E-state index contributed by atoms with van der Waals surface area (Å²) in [6.07, 6.45) is 0. The van der Waals surface area contributed by atoms with Gasteiger partial charge in [-0.1, -0.05) is 12.1 Å². The summed E-state index contributed by atoms with van der Waals surface area (Å²) in [4.78, 5) is 27.8. The van der Waals surface area contributed by atoms with Gasteiger partial charge in [0.25, 0.3) is 0 Å². The summed E-state index contributed by atoms with van der Waals surface area (Å²) in [5.74, 6) is -0.140. The number of methoxy groups -OCH3 is 2. The van der Waals surface area contributed by atoms with Gasteiger partial charge < -0.3 is 9.47 Å². The van der Waals surface area contributed by atoms with Crippen molar-refractivity contribution in [3.63, 3.8) is 0 Å². The second kappa shape index (κ2) is 5.83. The molecule has 2 rings (SSSR count). The molecular formula is C14H13NO4S. The predicted molar refractivity (Wildman–Crippen MR) is 75.4 cm³/mol. The molecule has 0 atom stereocenters. The first kappa shape index (κ1) is 14.2. The lowest BCUT2D eigenvalue weighted by molar-refractivity contribution is 0.0591. The van der Waals surface area contributed by atoms with Crippen LogP contribution >= 0.6 is 11.3 Å². The molecule has 0 N–H and O–H groups in total. The average Bonchev–Trinajstić information content (AvgIpc) is 2.92. The first-order valence-corrected chi connectivity index (χ1v) is 6.63. The van der Waals surface area contributed by atoms with Crippen molar-refractivity contribution in [1.29, 1.82) is 0 Å². The minimum atomic E-state index is -0.611. The summed E-state index contributed by atoms with van der Waals surface area (Å²) >= 11 is 1.17. The third-order valence-corrected chi connectivity index (χ3v) is 3.85. The summed E-state index contributed by atoms with van der Waals surface area (Å²) in [6.45, 7) is 1.40. The number of thiazole rings is 1. The Balaban J connectivity index is 2.52. The highest BCUT2D eigenvalue weighted by molar-refractivity contribution is 7.17. The molecule has 0 radical (unpaired) electrons. The summed E-state index contributed by atoms with van der Waals surface area (Å²) in [6, 6.07) is 7.27. The van der Waals surface area contributed by atoms with E-state index in [1.165, 1.54) is 25.4 Å². The molecule has 6 heteroatoms. The summed E-state index contributed by atoms with van der Waals surface area (Å²) in [7, 11) is 2.83. The standard InChI is InChI=1S/C14H13NO4S/c1-8(16)12-11(14(17)19-3)15-13(20-12)9-5-4-6-10(7-9)18-2/h4-7H,1-3H3. The Morgan fingerprint density at radius 1 is 1.25 bits per heavy atom. The van der Waals surface area contributed by atoms with E-state index >= 15 is 0 Å². The monoisotopic (exact) mass is 291 g/mol. The summed E-state index contributed by atoms with van der Waals surface area (Å²) in [5, 5.41) is 0.578. The average molecular weight is 291 g/mol. The number of rotatable bonds is 4. The first-order chi connectivity index (χ1) is 9.56. The molecule has 0 saturated carbocycles. The highest BCUT2D eigenvalue weighted by Crippen LogP contribution is 2.30. The van der Waals surface area contributed by atoms with Crippen LogP contribution in [0.2, 0.25) is 0 Å². The molecule has 0 aliphatic carbocycles. The van der Waals surface area contributed by atoms with Crippen LogP contribution in [-0.2, 0) is 4.74 Å². The van der Waals surface area contributed by atoms with Gasteiger partial charge in [0.1, 0.15) is 15.6 Å². The molecule has 1 heterocycles. The number of Topliss-reactive ketones (excluding diaryl/α,β-unsaturated/α-hetero) is 1. The Bertz CT molecular complexity index is 663. The molecule has 2 aromatic rings. The van der Waals surface area contributed by atoms with Crippen LogP contribution in [0.5, 0.6) is 5.75 Å². The number of ketones is 1. The van der Waals surface area contributed by atoms with Crippen molar-refractivity contribution in [2.45, 2.75) is 6.92 Å². The fourth-order valence-electron chi connectivity index (χ4n) is 1.67. The minimum Gasteiger partial charge on any atom is -0.497 e.